The molecule has 0 fully saturated rings. The van der Waals surface area contributed by atoms with E-state index < -0.39 is 0 Å². The van der Waals surface area contributed by atoms with Crippen molar-refractivity contribution in [3.8, 4) is 40.0 Å². The van der Waals surface area contributed by atoms with E-state index in [9.17, 15) is 0 Å². The Bertz CT molecular complexity index is 1280. The SMILES string of the molecule is COc1cc(OC)c(OC)cc1/C=N\n1c(-c2cc(-c3ccccc3)n[nH]2)n[nH]c1=S. The Morgan fingerprint density at radius 2 is 1.61 bits per heavy atom. The highest BCUT2D eigenvalue weighted by Crippen LogP contribution is 2.34. The molecular formula is C21H20N6O3S. The van der Waals surface area contributed by atoms with Gasteiger partial charge in [-0.05, 0) is 24.4 Å². The van der Waals surface area contributed by atoms with Gasteiger partial charge in [-0.2, -0.15) is 20.0 Å². The summed E-state index contributed by atoms with van der Waals surface area (Å²) >= 11 is 5.36. The summed E-state index contributed by atoms with van der Waals surface area (Å²) in [5, 5.41) is 18.9. The fourth-order valence-corrected chi connectivity index (χ4v) is 3.22. The van der Waals surface area contributed by atoms with Crippen molar-refractivity contribution in [3.63, 3.8) is 0 Å². The molecule has 0 unspecified atom stereocenters. The Morgan fingerprint density at radius 1 is 0.903 bits per heavy atom. The highest BCUT2D eigenvalue weighted by molar-refractivity contribution is 7.71. The third-order valence-corrected chi connectivity index (χ3v) is 4.85. The molecule has 0 radical (unpaired) electrons. The predicted octanol–water partition coefficient (Wildman–Crippen LogP) is 3.91. The van der Waals surface area contributed by atoms with Crippen LogP contribution in [0.15, 0.2) is 53.6 Å². The molecule has 0 atom stereocenters. The number of nitrogens with one attached hydrogen (secondary N) is 2. The number of benzene rings is 2. The number of methoxy groups -OCH3 is 3. The molecule has 0 aliphatic rings. The zero-order chi connectivity index (χ0) is 21.8. The lowest BCUT2D eigenvalue weighted by molar-refractivity contribution is 0.349. The minimum absolute atomic E-state index is 0.335. The number of rotatable bonds is 7. The van der Waals surface area contributed by atoms with Crippen molar-refractivity contribution < 1.29 is 14.2 Å². The highest BCUT2D eigenvalue weighted by atomic mass is 32.1. The smallest absolute Gasteiger partial charge is 0.216 e. The molecule has 0 aliphatic heterocycles. The van der Waals surface area contributed by atoms with Crippen LogP contribution < -0.4 is 14.2 Å². The van der Waals surface area contributed by atoms with E-state index in [0.717, 1.165) is 11.3 Å². The molecule has 0 aliphatic carbocycles. The molecule has 31 heavy (non-hydrogen) atoms. The van der Waals surface area contributed by atoms with Crippen LogP contribution >= 0.6 is 12.2 Å². The summed E-state index contributed by atoms with van der Waals surface area (Å²) in [5.41, 5.74) is 3.14. The molecule has 9 nitrogen and oxygen atoms in total. The van der Waals surface area contributed by atoms with Gasteiger partial charge >= 0.3 is 0 Å². The van der Waals surface area contributed by atoms with E-state index >= 15 is 0 Å². The van der Waals surface area contributed by atoms with Gasteiger partial charge in [0.25, 0.3) is 0 Å². The van der Waals surface area contributed by atoms with Crippen LogP contribution in [0, 0.1) is 4.77 Å². The fraction of sp³-hybridized carbons (Fsp3) is 0.143. The summed E-state index contributed by atoms with van der Waals surface area (Å²) in [5.74, 6) is 2.19. The molecule has 10 heteroatoms. The Morgan fingerprint density at radius 3 is 2.32 bits per heavy atom. The summed E-state index contributed by atoms with van der Waals surface area (Å²) in [6, 6.07) is 15.2. The second-order valence-electron chi connectivity index (χ2n) is 6.39. The van der Waals surface area contributed by atoms with E-state index in [1.807, 2.05) is 36.4 Å². The Hall–Kier alpha value is -3.92. The van der Waals surface area contributed by atoms with Gasteiger partial charge in [-0.3, -0.25) is 5.10 Å². The van der Waals surface area contributed by atoms with Gasteiger partial charge in [-0.1, -0.05) is 30.3 Å². The number of hydrogen-bond donors (Lipinski definition) is 2. The molecule has 0 amide bonds. The van der Waals surface area contributed by atoms with Gasteiger partial charge in [-0.15, -0.1) is 0 Å². The molecule has 0 bridgehead atoms. The van der Waals surface area contributed by atoms with E-state index in [1.54, 1.807) is 39.7 Å². The van der Waals surface area contributed by atoms with Crippen LogP contribution in [0.3, 0.4) is 0 Å². The number of aromatic nitrogens is 5. The average molecular weight is 436 g/mol. The summed E-state index contributed by atoms with van der Waals surface area (Å²) in [6.45, 7) is 0. The fourth-order valence-electron chi connectivity index (χ4n) is 3.04. The summed E-state index contributed by atoms with van der Waals surface area (Å²) in [7, 11) is 4.71. The second-order valence-corrected chi connectivity index (χ2v) is 6.78. The first-order valence-corrected chi connectivity index (χ1v) is 9.68. The van der Waals surface area contributed by atoms with Crippen LogP contribution in [0.2, 0.25) is 0 Å². The van der Waals surface area contributed by atoms with Crippen LogP contribution in [-0.4, -0.2) is 52.6 Å². The van der Waals surface area contributed by atoms with Gasteiger partial charge in [0.2, 0.25) is 10.6 Å². The van der Waals surface area contributed by atoms with Crippen molar-refractivity contribution in [1.82, 2.24) is 25.1 Å². The molecule has 4 aromatic rings. The lowest BCUT2D eigenvalue weighted by atomic mass is 10.1. The monoisotopic (exact) mass is 436 g/mol. The van der Waals surface area contributed by atoms with Crippen molar-refractivity contribution in [3.05, 3.63) is 58.9 Å². The summed E-state index contributed by atoms with van der Waals surface area (Å²) in [6.07, 6.45) is 1.62. The van der Waals surface area contributed by atoms with Crippen LogP contribution in [0.4, 0.5) is 0 Å². The van der Waals surface area contributed by atoms with Gasteiger partial charge < -0.3 is 14.2 Å². The molecule has 2 aromatic heterocycles. The van der Waals surface area contributed by atoms with Crippen molar-refractivity contribution in [2.45, 2.75) is 0 Å². The number of hydrogen-bond acceptors (Lipinski definition) is 7. The molecule has 4 rings (SSSR count). The molecule has 0 saturated carbocycles. The van der Waals surface area contributed by atoms with E-state index in [1.165, 1.54) is 4.68 Å². The lowest BCUT2D eigenvalue weighted by Crippen LogP contribution is -1.99. The maximum Gasteiger partial charge on any atom is 0.216 e. The van der Waals surface area contributed by atoms with Gasteiger partial charge in [0.1, 0.15) is 11.4 Å². The maximum absolute atomic E-state index is 5.45. The van der Waals surface area contributed by atoms with Gasteiger partial charge in [0.05, 0.1) is 33.2 Å². The van der Waals surface area contributed by atoms with E-state index in [2.05, 4.69) is 25.5 Å². The number of aromatic amines is 2. The normalized spacial score (nSPS) is 11.1. The topological polar surface area (TPSA) is 102 Å². The van der Waals surface area contributed by atoms with Gasteiger partial charge in [0, 0.05) is 17.2 Å². The number of ether oxygens (including phenoxy) is 3. The second kappa shape index (κ2) is 8.84. The van der Waals surface area contributed by atoms with Crippen molar-refractivity contribution >= 4 is 18.4 Å². The first-order chi connectivity index (χ1) is 15.1. The zero-order valence-electron chi connectivity index (χ0n) is 17.1. The lowest BCUT2D eigenvalue weighted by Gasteiger charge is -2.11. The molecular weight excluding hydrogens is 416 g/mol. The first-order valence-electron chi connectivity index (χ1n) is 9.27. The Labute approximate surface area is 183 Å². The Balaban J connectivity index is 1.71. The van der Waals surface area contributed by atoms with E-state index in [0.29, 0.717) is 39.1 Å². The number of H-pyrrole nitrogens is 2. The molecule has 2 N–H and O–H groups in total. The average Bonchev–Trinajstić information content (AvgIpc) is 3.44. The van der Waals surface area contributed by atoms with Crippen molar-refractivity contribution in [2.75, 3.05) is 21.3 Å². The molecule has 2 heterocycles. The molecule has 0 saturated heterocycles. The molecule has 158 valence electrons. The molecule has 2 aromatic carbocycles. The van der Waals surface area contributed by atoms with Crippen molar-refractivity contribution in [2.24, 2.45) is 5.10 Å². The van der Waals surface area contributed by atoms with Crippen molar-refractivity contribution in [1.29, 1.82) is 0 Å². The summed E-state index contributed by atoms with van der Waals surface area (Å²) in [4.78, 5) is 0. The van der Waals surface area contributed by atoms with Gasteiger partial charge in [-0.25, -0.2) is 5.10 Å². The zero-order valence-corrected chi connectivity index (χ0v) is 17.9. The van der Waals surface area contributed by atoms with Crippen LogP contribution in [0.25, 0.3) is 22.8 Å². The largest absolute Gasteiger partial charge is 0.496 e. The molecule has 0 spiro atoms. The van der Waals surface area contributed by atoms with E-state index in [4.69, 9.17) is 26.4 Å². The first kappa shape index (κ1) is 20.4. The summed E-state index contributed by atoms with van der Waals surface area (Å²) < 4.78 is 18.0. The Kier molecular flexibility index (Phi) is 5.80. The van der Waals surface area contributed by atoms with E-state index in [-0.39, 0.29) is 0 Å². The predicted molar refractivity (Wildman–Crippen MR) is 120 cm³/mol. The number of nitrogens with zero attached hydrogens (tertiary/aromatic N) is 4. The van der Waals surface area contributed by atoms with Gasteiger partial charge in [0.15, 0.2) is 11.5 Å². The van der Waals surface area contributed by atoms with Crippen LogP contribution in [0.1, 0.15) is 5.56 Å². The third-order valence-electron chi connectivity index (χ3n) is 4.59. The maximum atomic E-state index is 5.45. The van der Waals surface area contributed by atoms with Crippen LogP contribution in [0.5, 0.6) is 17.2 Å². The third kappa shape index (κ3) is 4.05. The minimum atomic E-state index is 0.335. The standard InChI is InChI=1S/C21H20N6O3S/c1-28-17-11-19(30-3)18(29-2)9-14(17)12-22-27-20(25-26-21(27)31)16-10-15(23-24-16)13-7-5-4-6-8-13/h4-12H,1-3H3,(H,23,24)(H,26,31)/b22-12-. The minimum Gasteiger partial charge on any atom is -0.496 e. The van der Waals surface area contributed by atoms with Crippen LogP contribution in [-0.2, 0) is 0 Å². The quantitative estimate of drug-likeness (QED) is 0.336. The highest BCUT2D eigenvalue weighted by Gasteiger charge is 2.14.